The van der Waals surface area contributed by atoms with Gasteiger partial charge in [-0.1, -0.05) is 40.9 Å². The normalized spacial score (nSPS) is 10.5. The number of rotatable bonds is 5. The number of hydrogen-bond acceptors (Lipinski definition) is 3. The molecule has 7 heteroatoms. The van der Waals surface area contributed by atoms with E-state index in [1.165, 1.54) is 6.07 Å². The van der Waals surface area contributed by atoms with Crippen molar-refractivity contribution in [2.24, 2.45) is 0 Å². The van der Waals surface area contributed by atoms with E-state index in [2.05, 4.69) is 15.6 Å². The van der Waals surface area contributed by atoms with Crippen LogP contribution >= 0.6 is 34.8 Å². The van der Waals surface area contributed by atoms with Gasteiger partial charge < -0.3 is 10.6 Å². The maximum absolute atomic E-state index is 13.1. The lowest BCUT2D eigenvalue weighted by Crippen LogP contribution is -2.06. The Bertz CT molecular complexity index is 650. The Kier molecular flexibility index (Phi) is 5.51. The number of halogens is 4. The van der Waals surface area contributed by atoms with Crippen LogP contribution in [0.3, 0.4) is 0 Å². The third-order valence-electron chi connectivity index (χ3n) is 2.72. The van der Waals surface area contributed by atoms with Crippen LogP contribution in [0.5, 0.6) is 0 Å². The predicted molar refractivity (Wildman–Crippen MR) is 87.2 cm³/mol. The summed E-state index contributed by atoms with van der Waals surface area (Å²) in [6, 6.07) is 6.14. The fraction of sp³-hybridized carbons (Fsp3) is 0.214. The molecule has 0 fully saturated rings. The van der Waals surface area contributed by atoms with E-state index in [1.807, 2.05) is 6.92 Å². The van der Waals surface area contributed by atoms with Crippen LogP contribution in [-0.4, -0.2) is 11.5 Å². The first-order valence-electron chi connectivity index (χ1n) is 6.29. The molecule has 0 aliphatic heterocycles. The number of nitrogens with one attached hydrogen (secondary N) is 2. The van der Waals surface area contributed by atoms with Crippen molar-refractivity contribution in [1.82, 2.24) is 4.98 Å². The third-order valence-corrected chi connectivity index (χ3v) is 3.58. The van der Waals surface area contributed by atoms with Crippen LogP contribution in [0, 0.1) is 5.82 Å². The minimum Gasteiger partial charge on any atom is -0.369 e. The van der Waals surface area contributed by atoms with Gasteiger partial charge in [-0.3, -0.25) is 0 Å². The van der Waals surface area contributed by atoms with E-state index in [4.69, 9.17) is 34.8 Å². The van der Waals surface area contributed by atoms with Gasteiger partial charge in [0, 0.05) is 13.1 Å². The molecule has 0 aliphatic rings. The maximum Gasteiger partial charge on any atom is 0.147 e. The van der Waals surface area contributed by atoms with Gasteiger partial charge in [-0.2, -0.15) is 0 Å². The first-order chi connectivity index (χ1) is 10.0. The molecule has 0 amide bonds. The molecule has 21 heavy (non-hydrogen) atoms. The number of aromatic nitrogens is 1. The van der Waals surface area contributed by atoms with Gasteiger partial charge >= 0.3 is 0 Å². The summed E-state index contributed by atoms with van der Waals surface area (Å²) in [5, 5.41) is 7.07. The lowest BCUT2D eigenvalue weighted by molar-refractivity contribution is 0.627. The lowest BCUT2D eigenvalue weighted by Gasteiger charge is -2.12. The highest BCUT2D eigenvalue weighted by atomic mass is 35.5. The van der Waals surface area contributed by atoms with Crippen molar-refractivity contribution in [3.63, 3.8) is 0 Å². The SMILES string of the molecule is CCNc1nc(NCc2ccc(F)c(Cl)c2)c(Cl)cc1Cl. The highest BCUT2D eigenvalue weighted by molar-refractivity contribution is 6.37. The van der Waals surface area contributed by atoms with Crippen LogP contribution in [0.25, 0.3) is 0 Å². The van der Waals surface area contributed by atoms with Gasteiger partial charge in [0.25, 0.3) is 0 Å². The topological polar surface area (TPSA) is 37.0 Å². The Labute approximate surface area is 137 Å². The zero-order valence-corrected chi connectivity index (χ0v) is 13.5. The molecule has 0 radical (unpaired) electrons. The second kappa shape index (κ2) is 7.16. The van der Waals surface area contributed by atoms with Crippen molar-refractivity contribution >= 4 is 46.4 Å². The van der Waals surface area contributed by atoms with E-state index in [-0.39, 0.29) is 5.02 Å². The zero-order valence-electron chi connectivity index (χ0n) is 11.2. The van der Waals surface area contributed by atoms with E-state index >= 15 is 0 Å². The summed E-state index contributed by atoms with van der Waals surface area (Å²) in [5.41, 5.74) is 0.819. The molecule has 0 saturated carbocycles. The number of pyridine rings is 1. The van der Waals surface area contributed by atoms with E-state index in [0.717, 1.165) is 5.56 Å². The van der Waals surface area contributed by atoms with Gasteiger partial charge in [-0.25, -0.2) is 9.37 Å². The molecule has 0 unspecified atom stereocenters. The molecule has 1 aromatic heterocycles. The Morgan fingerprint density at radius 3 is 2.29 bits per heavy atom. The Hall–Kier alpha value is -1.23. The minimum atomic E-state index is -0.447. The fourth-order valence-electron chi connectivity index (χ4n) is 1.72. The van der Waals surface area contributed by atoms with Crippen LogP contribution in [0.15, 0.2) is 24.3 Å². The van der Waals surface area contributed by atoms with Crippen LogP contribution in [-0.2, 0) is 6.54 Å². The van der Waals surface area contributed by atoms with E-state index in [0.29, 0.717) is 34.8 Å². The van der Waals surface area contributed by atoms with Crippen molar-refractivity contribution in [1.29, 1.82) is 0 Å². The Morgan fingerprint density at radius 2 is 1.67 bits per heavy atom. The summed E-state index contributed by atoms with van der Waals surface area (Å²) in [6.07, 6.45) is 0. The summed E-state index contributed by atoms with van der Waals surface area (Å²) >= 11 is 17.9. The first-order valence-corrected chi connectivity index (χ1v) is 7.42. The minimum absolute atomic E-state index is 0.0813. The van der Waals surface area contributed by atoms with Crippen LogP contribution in [0.4, 0.5) is 16.0 Å². The number of benzene rings is 1. The summed E-state index contributed by atoms with van der Waals surface area (Å²) < 4.78 is 13.1. The molecule has 1 heterocycles. The van der Waals surface area contributed by atoms with Gasteiger partial charge in [0.05, 0.1) is 15.1 Å². The standard InChI is InChI=1S/C14H13Cl3FN3/c1-2-19-13-10(16)6-11(17)14(21-13)20-7-8-3-4-12(18)9(15)5-8/h3-6H,2,7H2,1H3,(H2,19,20,21). The summed E-state index contributed by atoms with van der Waals surface area (Å²) in [5.74, 6) is 0.609. The Balaban J connectivity index is 2.15. The van der Waals surface area contributed by atoms with Crippen molar-refractivity contribution in [3.8, 4) is 0 Å². The van der Waals surface area contributed by atoms with E-state index in [1.54, 1.807) is 18.2 Å². The molecule has 0 bridgehead atoms. The number of nitrogens with zero attached hydrogens (tertiary/aromatic N) is 1. The van der Waals surface area contributed by atoms with Crippen molar-refractivity contribution in [2.45, 2.75) is 13.5 Å². The first kappa shape index (κ1) is 16.1. The molecule has 3 nitrogen and oxygen atoms in total. The largest absolute Gasteiger partial charge is 0.369 e. The summed E-state index contributed by atoms with van der Waals surface area (Å²) in [7, 11) is 0. The van der Waals surface area contributed by atoms with Crippen LogP contribution in [0.2, 0.25) is 15.1 Å². The summed E-state index contributed by atoms with van der Waals surface area (Å²) in [4.78, 5) is 4.32. The fourth-order valence-corrected chi connectivity index (χ4v) is 2.41. The quantitative estimate of drug-likeness (QED) is 0.777. The molecule has 2 rings (SSSR count). The average molecular weight is 349 g/mol. The molecule has 0 atom stereocenters. The molecular weight excluding hydrogens is 336 g/mol. The smallest absolute Gasteiger partial charge is 0.147 e. The predicted octanol–water partition coefficient (Wildman–Crippen LogP) is 5.22. The van der Waals surface area contributed by atoms with Gasteiger partial charge in [0.15, 0.2) is 0 Å². The molecule has 2 N–H and O–H groups in total. The van der Waals surface area contributed by atoms with Crippen molar-refractivity contribution in [2.75, 3.05) is 17.2 Å². The molecule has 0 aliphatic carbocycles. The van der Waals surface area contributed by atoms with Crippen molar-refractivity contribution < 1.29 is 4.39 Å². The van der Waals surface area contributed by atoms with Gasteiger partial charge in [0.2, 0.25) is 0 Å². The average Bonchev–Trinajstić information content (AvgIpc) is 2.44. The van der Waals surface area contributed by atoms with E-state index < -0.39 is 5.82 Å². The van der Waals surface area contributed by atoms with Gasteiger partial charge in [-0.05, 0) is 30.7 Å². The highest BCUT2D eigenvalue weighted by Crippen LogP contribution is 2.29. The second-order valence-corrected chi connectivity index (χ2v) is 5.50. The molecule has 1 aromatic carbocycles. The molecule has 112 valence electrons. The van der Waals surface area contributed by atoms with Gasteiger partial charge in [0.1, 0.15) is 17.5 Å². The maximum atomic E-state index is 13.1. The third kappa shape index (κ3) is 4.13. The highest BCUT2D eigenvalue weighted by Gasteiger charge is 2.09. The van der Waals surface area contributed by atoms with Gasteiger partial charge in [-0.15, -0.1) is 0 Å². The van der Waals surface area contributed by atoms with Crippen molar-refractivity contribution in [3.05, 3.63) is 50.7 Å². The lowest BCUT2D eigenvalue weighted by atomic mass is 10.2. The van der Waals surface area contributed by atoms with Crippen LogP contribution < -0.4 is 10.6 Å². The zero-order chi connectivity index (χ0) is 15.4. The van der Waals surface area contributed by atoms with E-state index in [9.17, 15) is 4.39 Å². The van der Waals surface area contributed by atoms with Crippen LogP contribution in [0.1, 0.15) is 12.5 Å². The molecule has 0 spiro atoms. The number of hydrogen-bond donors (Lipinski definition) is 2. The summed E-state index contributed by atoms with van der Waals surface area (Å²) in [6.45, 7) is 3.06. The molecular formula is C14H13Cl3FN3. The molecule has 0 saturated heterocycles. The second-order valence-electron chi connectivity index (χ2n) is 4.28. The monoisotopic (exact) mass is 347 g/mol. The molecule has 2 aromatic rings. The Morgan fingerprint density at radius 1 is 1.00 bits per heavy atom. The number of anilines is 2.